The van der Waals surface area contributed by atoms with Crippen LogP contribution in [-0.4, -0.2) is 51.6 Å². The van der Waals surface area contributed by atoms with Crippen molar-refractivity contribution in [2.24, 2.45) is 0 Å². The average molecular weight is 379 g/mol. The molecule has 0 aliphatic carbocycles. The number of hydrogen-bond donors (Lipinski definition) is 1. The van der Waals surface area contributed by atoms with E-state index in [1.54, 1.807) is 0 Å². The van der Waals surface area contributed by atoms with Gasteiger partial charge in [-0.1, -0.05) is 0 Å². The van der Waals surface area contributed by atoms with Crippen molar-refractivity contribution in [1.82, 2.24) is 4.31 Å². The first kappa shape index (κ1) is 16.2. The quantitative estimate of drug-likeness (QED) is 0.610. The lowest BCUT2D eigenvalue weighted by Gasteiger charge is -2.32. The van der Waals surface area contributed by atoms with Crippen LogP contribution in [0.3, 0.4) is 0 Å². The average Bonchev–Trinajstić information content (AvgIpc) is 2.46. The molecule has 1 aromatic rings. The van der Waals surface area contributed by atoms with Crippen molar-refractivity contribution in [2.75, 3.05) is 32.6 Å². The highest BCUT2D eigenvalue weighted by Gasteiger charge is 2.39. The molecule has 1 aliphatic rings. The minimum atomic E-state index is -3.86. The largest absolute Gasteiger partial charge is 0.468 e. The summed E-state index contributed by atoms with van der Waals surface area (Å²) in [6.45, 7) is 0.275. The molecule has 0 bridgehead atoms. The maximum atomic E-state index is 12.7. The van der Waals surface area contributed by atoms with E-state index in [2.05, 4.69) is 20.7 Å². The summed E-state index contributed by atoms with van der Waals surface area (Å²) in [7, 11) is -2.65. The number of nitrogens with zero attached hydrogens (tertiary/aromatic N) is 1. The molecule has 2 N–H and O–H groups in total. The van der Waals surface area contributed by atoms with E-state index < -0.39 is 22.0 Å². The van der Waals surface area contributed by atoms with Crippen molar-refractivity contribution >= 4 is 37.6 Å². The maximum absolute atomic E-state index is 12.7. The van der Waals surface area contributed by atoms with E-state index in [4.69, 9.17) is 10.5 Å². The Morgan fingerprint density at radius 3 is 2.86 bits per heavy atom. The minimum absolute atomic E-state index is 0.0293. The molecule has 1 fully saturated rings. The first-order valence-electron chi connectivity index (χ1n) is 6.10. The third-order valence-electron chi connectivity index (χ3n) is 3.10. The topological polar surface area (TPSA) is 98.9 Å². The van der Waals surface area contributed by atoms with Crippen LogP contribution in [0.1, 0.15) is 0 Å². The summed E-state index contributed by atoms with van der Waals surface area (Å²) < 4.78 is 36.7. The van der Waals surface area contributed by atoms with Gasteiger partial charge in [0.15, 0.2) is 0 Å². The molecule has 1 aromatic carbocycles. The van der Waals surface area contributed by atoms with Gasteiger partial charge in [0.2, 0.25) is 10.0 Å². The van der Waals surface area contributed by atoms with Crippen LogP contribution in [0.2, 0.25) is 0 Å². The van der Waals surface area contributed by atoms with Gasteiger partial charge in [-0.25, -0.2) is 8.42 Å². The number of carbonyl (C=O) groups excluding carboxylic acids is 1. The molecule has 1 saturated heterocycles. The Kier molecular flexibility index (Phi) is 4.87. The summed E-state index contributed by atoms with van der Waals surface area (Å²) in [5.74, 6) is -0.648. The number of methoxy groups -OCH3 is 1. The summed E-state index contributed by atoms with van der Waals surface area (Å²) in [6, 6.07) is 3.41. The molecule has 1 atom stereocenters. The van der Waals surface area contributed by atoms with Gasteiger partial charge in [0.1, 0.15) is 6.04 Å². The number of ether oxygens (including phenoxy) is 2. The maximum Gasteiger partial charge on any atom is 0.326 e. The number of benzene rings is 1. The molecule has 2 rings (SSSR count). The molecule has 0 aromatic heterocycles. The summed E-state index contributed by atoms with van der Waals surface area (Å²) in [6.07, 6.45) is 0. The standard InChI is InChI=1S/C12H15BrN2O5S/c1-19-12(16)10-7-20-5-4-15(10)21(17,18)11-3-2-8(14)6-9(11)13/h2-3,6,10H,4-5,7,14H2,1H3. The highest BCUT2D eigenvalue weighted by Crippen LogP contribution is 2.29. The number of rotatable bonds is 3. The molecule has 0 saturated carbocycles. The lowest BCUT2D eigenvalue weighted by atomic mass is 10.3. The zero-order valence-electron chi connectivity index (χ0n) is 11.3. The molecular weight excluding hydrogens is 364 g/mol. The van der Waals surface area contributed by atoms with Crippen LogP contribution in [0.4, 0.5) is 5.69 Å². The molecule has 0 radical (unpaired) electrons. The van der Waals surface area contributed by atoms with Crippen molar-refractivity contribution in [2.45, 2.75) is 10.9 Å². The fourth-order valence-corrected chi connectivity index (χ4v) is 4.66. The Balaban J connectivity index is 2.43. The van der Waals surface area contributed by atoms with Gasteiger partial charge in [-0.2, -0.15) is 4.31 Å². The summed E-state index contributed by atoms with van der Waals surface area (Å²) in [5.41, 5.74) is 6.05. The fraction of sp³-hybridized carbons (Fsp3) is 0.417. The number of nitrogen functional groups attached to an aromatic ring is 1. The van der Waals surface area contributed by atoms with E-state index in [1.165, 1.54) is 25.3 Å². The number of anilines is 1. The number of carbonyl (C=O) groups is 1. The highest BCUT2D eigenvalue weighted by atomic mass is 79.9. The number of esters is 1. The van der Waals surface area contributed by atoms with Gasteiger partial charge >= 0.3 is 5.97 Å². The predicted molar refractivity (Wildman–Crippen MR) is 79.1 cm³/mol. The second kappa shape index (κ2) is 6.30. The SMILES string of the molecule is COC(=O)C1COCCN1S(=O)(=O)c1ccc(N)cc1Br. The van der Waals surface area contributed by atoms with Crippen LogP contribution < -0.4 is 5.73 Å². The van der Waals surface area contributed by atoms with Crippen LogP contribution >= 0.6 is 15.9 Å². The normalized spacial score (nSPS) is 20.2. The summed E-state index contributed by atoms with van der Waals surface area (Å²) in [4.78, 5) is 11.8. The molecule has 0 amide bonds. The number of morpholine rings is 1. The van der Waals surface area contributed by atoms with Gasteiger partial charge in [-0.3, -0.25) is 4.79 Å². The van der Waals surface area contributed by atoms with Gasteiger partial charge in [0.05, 0.1) is 25.2 Å². The molecule has 0 spiro atoms. The second-order valence-electron chi connectivity index (χ2n) is 4.42. The highest BCUT2D eigenvalue weighted by molar-refractivity contribution is 9.10. The van der Waals surface area contributed by atoms with Crippen molar-refractivity contribution in [3.63, 3.8) is 0 Å². The Hall–Kier alpha value is -1.16. The van der Waals surface area contributed by atoms with E-state index in [0.717, 1.165) is 4.31 Å². The van der Waals surface area contributed by atoms with Crippen molar-refractivity contribution in [1.29, 1.82) is 0 Å². The Morgan fingerprint density at radius 1 is 1.52 bits per heavy atom. The van der Waals surface area contributed by atoms with E-state index in [9.17, 15) is 13.2 Å². The first-order valence-corrected chi connectivity index (χ1v) is 8.33. The number of sulfonamides is 1. The monoisotopic (exact) mass is 378 g/mol. The molecule has 1 heterocycles. The van der Waals surface area contributed by atoms with Crippen molar-refractivity contribution in [3.8, 4) is 0 Å². The van der Waals surface area contributed by atoms with Gasteiger partial charge < -0.3 is 15.2 Å². The fourth-order valence-electron chi connectivity index (χ4n) is 2.05. The van der Waals surface area contributed by atoms with E-state index in [1.807, 2.05) is 0 Å². The minimum Gasteiger partial charge on any atom is -0.468 e. The van der Waals surface area contributed by atoms with Crippen molar-refractivity contribution in [3.05, 3.63) is 22.7 Å². The van der Waals surface area contributed by atoms with E-state index in [-0.39, 0.29) is 24.7 Å². The van der Waals surface area contributed by atoms with Crippen LogP contribution in [0.5, 0.6) is 0 Å². The van der Waals surface area contributed by atoms with Crippen LogP contribution in [-0.2, 0) is 24.3 Å². The first-order chi connectivity index (χ1) is 9.87. The molecular formula is C12H15BrN2O5S. The van der Waals surface area contributed by atoms with Crippen molar-refractivity contribution < 1.29 is 22.7 Å². The predicted octanol–water partition coefficient (Wildman–Crippen LogP) is 0.594. The van der Waals surface area contributed by atoms with Gasteiger partial charge in [-0.15, -0.1) is 0 Å². The van der Waals surface area contributed by atoms with Gasteiger partial charge in [0, 0.05) is 16.7 Å². The second-order valence-corrected chi connectivity index (χ2v) is 7.13. The molecule has 7 nitrogen and oxygen atoms in total. The van der Waals surface area contributed by atoms with Crippen LogP contribution in [0.25, 0.3) is 0 Å². The molecule has 9 heteroatoms. The Morgan fingerprint density at radius 2 is 2.24 bits per heavy atom. The van der Waals surface area contributed by atoms with Crippen LogP contribution in [0, 0.1) is 0 Å². The third-order valence-corrected chi connectivity index (χ3v) is 5.98. The molecule has 21 heavy (non-hydrogen) atoms. The number of hydrogen-bond acceptors (Lipinski definition) is 6. The lowest BCUT2D eigenvalue weighted by molar-refractivity contribution is -0.149. The van der Waals surface area contributed by atoms with E-state index >= 15 is 0 Å². The smallest absolute Gasteiger partial charge is 0.326 e. The number of nitrogens with two attached hydrogens (primary N) is 1. The molecule has 1 aliphatic heterocycles. The number of halogens is 1. The molecule has 116 valence electrons. The summed E-state index contributed by atoms with van der Waals surface area (Å²) >= 11 is 3.19. The summed E-state index contributed by atoms with van der Waals surface area (Å²) in [5, 5.41) is 0. The zero-order chi connectivity index (χ0) is 15.6. The Labute approximate surface area is 131 Å². The third kappa shape index (κ3) is 3.20. The van der Waals surface area contributed by atoms with E-state index in [0.29, 0.717) is 10.2 Å². The Bertz CT molecular complexity index is 649. The van der Waals surface area contributed by atoms with Gasteiger partial charge in [-0.05, 0) is 34.1 Å². The van der Waals surface area contributed by atoms with Crippen LogP contribution in [0.15, 0.2) is 27.6 Å². The zero-order valence-corrected chi connectivity index (χ0v) is 13.7. The van der Waals surface area contributed by atoms with Gasteiger partial charge in [0.25, 0.3) is 0 Å². The molecule has 1 unspecified atom stereocenters. The lowest BCUT2D eigenvalue weighted by Crippen LogP contribution is -2.52.